The van der Waals surface area contributed by atoms with Crippen molar-refractivity contribution in [2.24, 2.45) is 5.73 Å². The third-order valence-corrected chi connectivity index (χ3v) is 11.6. The number of unbranched alkanes of at least 4 members (excludes halogenated alkanes) is 10. The second kappa shape index (κ2) is 20.6. The number of nitrogens with zero attached hydrogens (tertiary/aromatic N) is 2. The van der Waals surface area contributed by atoms with E-state index in [1.807, 2.05) is 6.92 Å². The minimum atomic E-state index is -1.89. The highest BCUT2D eigenvalue weighted by Crippen LogP contribution is 2.42. The lowest BCUT2D eigenvalue weighted by Gasteiger charge is -2.35. The van der Waals surface area contributed by atoms with Crippen LogP contribution in [0.3, 0.4) is 0 Å². The molecule has 2 aliphatic rings. The number of aromatic nitrogens is 2. The van der Waals surface area contributed by atoms with Gasteiger partial charge in [-0.1, -0.05) is 85.0 Å². The van der Waals surface area contributed by atoms with Crippen molar-refractivity contribution in [2.45, 2.75) is 168 Å². The number of phenolic OH excluding ortho intramolecular Hbond substituents is 1. The summed E-state index contributed by atoms with van der Waals surface area (Å²) in [7, 11) is 0. The number of amides is 3. The van der Waals surface area contributed by atoms with Crippen LogP contribution in [0.1, 0.15) is 153 Å². The minimum absolute atomic E-state index is 0.00899. The van der Waals surface area contributed by atoms with Gasteiger partial charge in [0, 0.05) is 35.4 Å². The number of carbonyl (C=O) groups is 5. The van der Waals surface area contributed by atoms with Crippen LogP contribution in [-0.2, 0) is 58.6 Å². The van der Waals surface area contributed by atoms with Gasteiger partial charge in [0.15, 0.2) is 0 Å². The largest absolute Gasteiger partial charge is 0.508 e. The number of ether oxygens (including phenoxy) is 2. The average Bonchev–Trinajstić information content (AvgIpc) is 3.57. The second-order valence-electron chi connectivity index (χ2n) is 16.0. The fraction of sp³-hybridized carbons (Fsp3) is 0.578. The first-order chi connectivity index (χ1) is 28.3. The van der Waals surface area contributed by atoms with Crippen LogP contribution in [-0.4, -0.2) is 56.4 Å². The molecular formula is C45H61N5O9. The Bertz CT molecular complexity index is 2100. The van der Waals surface area contributed by atoms with Gasteiger partial charge in [0.25, 0.3) is 5.56 Å². The van der Waals surface area contributed by atoms with E-state index in [0.717, 1.165) is 35.8 Å². The van der Waals surface area contributed by atoms with Crippen molar-refractivity contribution in [1.82, 2.24) is 20.2 Å². The number of primary amides is 1. The van der Waals surface area contributed by atoms with E-state index in [9.17, 15) is 33.9 Å². The third-order valence-electron chi connectivity index (χ3n) is 11.6. The Labute approximate surface area is 346 Å². The SMILES string of the molecule is CCCCCCCCCCCCCC(=O)N[C@H](CC(N)=O)C(=O)N[C@@H](C)CCC(=O)O[C@]1(CC)C(=O)OCc2c1cc1n(c2=O)Cc2c-1nc1ccc(O)cc1c2CC. The van der Waals surface area contributed by atoms with E-state index in [1.54, 1.807) is 42.7 Å². The van der Waals surface area contributed by atoms with Crippen molar-refractivity contribution < 1.29 is 38.6 Å². The maximum atomic E-state index is 14.0. The molecule has 0 saturated heterocycles. The summed E-state index contributed by atoms with van der Waals surface area (Å²) in [5.74, 6) is -3.12. The zero-order valence-corrected chi connectivity index (χ0v) is 35.1. The number of benzene rings is 1. The van der Waals surface area contributed by atoms with Crippen molar-refractivity contribution in [1.29, 1.82) is 0 Å². The number of phenols is 1. The number of esters is 2. The number of nitrogens with one attached hydrogen (secondary N) is 2. The van der Waals surface area contributed by atoms with Crippen LogP contribution in [0.2, 0.25) is 0 Å². The van der Waals surface area contributed by atoms with E-state index < -0.39 is 41.4 Å². The summed E-state index contributed by atoms with van der Waals surface area (Å²) in [5, 5.41) is 16.4. The van der Waals surface area contributed by atoms with E-state index in [-0.39, 0.29) is 73.6 Å². The van der Waals surface area contributed by atoms with Crippen LogP contribution in [0.15, 0.2) is 29.1 Å². The summed E-state index contributed by atoms with van der Waals surface area (Å²) in [6, 6.07) is 4.88. The number of rotatable bonds is 23. The Morgan fingerprint density at radius 3 is 2.25 bits per heavy atom. The van der Waals surface area contributed by atoms with Crippen molar-refractivity contribution in [3.8, 4) is 17.1 Å². The fourth-order valence-electron chi connectivity index (χ4n) is 8.33. The molecule has 2 aromatic heterocycles. The van der Waals surface area contributed by atoms with Gasteiger partial charge >= 0.3 is 11.9 Å². The fourth-order valence-corrected chi connectivity index (χ4v) is 8.33. The number of aryl methyl sites for hydroxylation is 1. The second-order valence-corrected chi connectivity index (χ2v) is 16.0. The third kappa shape index (κ3) is 10.7. The molecule has 320 valence electrons. The molecule has 0 aliphatic carbocycles. The predicted molar refractivity (Wildman–Crippen MR) is 223 cm³/mol. The molecule has 3 aromatic rings. The molecule has 0 spiro atoms. The van der Waals surface area contributed by atoms with Crippen LogP contribution in [0.25, 0.3) is 22.3 Å². The highest BCUT2D eigenvalue weighted by atomic mass is 16.6. The van der Waals surface area contributed by atoms with Gasteiger partial charge in [0.1, 0.15) is 18.4 Å². The van der Waals surface area contributed by atoms with E-state index in [2.05, 4.69) is 17.6 Å². The lowest BCUT2D eigenvalue weighted by atomic mass is 9.85. The van der Waals surface area contributed by atoms with Gasteiger partial charge in [-0.25, -0.2) is 9.78 Å². The molecule has 0 bridgehead atoms. The van der Waals surface area contributed by atoms with Gasteiger partial charge < -0.3 is 35.5 Å². The number of hydrogen-bond acceptors (Lipinski definition) is 10. The molecule has 3 atom stereocenters. The maximum absolute atomic E-state index is 14.0. The summed E-state index contributed by atoms with van der Waals surface area (Å²) in [6.45, 7) is 7.52. The summed E-state index contributed by atoms with van der Waals surface area (Å²) in [6.07, 6.45) is 13.0. The number of aromatic hydroxyl groups is 1. The molecule has 0 radical (unpaired) electrons. The number of nitrogens with two attached hydrogens (primary N) is 1. The van der Waals surface area contributed by atoms with Crippen LogP contribution in [0.4, 0.5) is 0 Å². The Kier molecular flexibility index (Phi) is 15.7. The molecule has 0 unspecified atom stereocenters. The number of hydrogen-bond donors (Lipinski definition) is 4. The highest BCUT2D eigenvalue weighted by Gasteiger charge is 2.50. The van der Waals surface area contributed by atoms with E-state index in [1.165, 1.54) is 44.9 Å². The monoisotopic (exact) mass is 815 g/mol. The van der Waals surface area contributed by atoms with Crippen molar-refractivity contribution in [3.05, 3.63) is 56.9 Å². The maximum Gasteiger partial charge on any atom is 0.355 e. The molecule has 14 heteroatoms. The van der Waals surface area contributed by atoms with Crippen LogP contribution in [0.5, 0.6) is 5.75 Å². The summed E-state index contributed by atoms with van der Waals surface area (Å²) in [5.41, 5.74) is 7.11. The average molecular weight is 816 g/mol. The zero-order valence-electron chi connectivity index (χ0n) is 35.1. The van der Waals surface area contributed by atoms with Gasteiger partial charge in [-0.15, -0.1) is 0 Å². The molecule has 0 fully saturated rings. The number of cyclic esters (lactones) is 1. The highest BCUT2D eigenvalue weighted by molar-refractivity contribution is 5.92. The van der Waals surface area contributed by atoms with Gasteiger partial charge in [-0.05, 0) is 62.4 Å². The van der Waals surface area contributed by atoms with E-state index >= 15 is 0 Å². The first kappa shape index (κ1) is 44.8. The topological polar surface area (TPSA) is 209 Å². The molecule has 59 heavy (non-hydrogen) atoms. The smallest absolute Gasteiger partial charge is 0.355 e. The minimum Gasteiger partial charge on any atom is -0.508 e. The number of fused-ring (bicyclic) bond motifs is 5. The van der Waals surface area contributed by atoms with E-state index in [0.29, 0.717) is 29.7 Å². The standard InChI is InChI=1S/C45H61N5O9/c1-5-8-9-10-11-12-13-14-15-16-17-18-39(53)48-36(25-38(46)52)42(55)47-28(4)19-22-40(54)59-45(7-3)34-24-37-41-32(26-50(37)43(56)33(34)27-58-44(45)57)30(6-2)31-23-29(51)20-21-35(31)49-41/h20-21,23-24,28,36,51H,5-19,22,25-27H2,1-4H3,(H2,46,52)(H,47,55)(H,48,53)/t28-,36+,45-/m0/s1. The number of pyridine rings is 2. The summed E-state index contributed by atoms with van der Waals surface area (Å²) in [4.78, 5) is 83.7. The first-order valence-electron chi connectivity index (χ1n) is 21.5. The molecule has 0 saturated carbocycles. The predicted octanol–water partition coefficient (Wildman–Crippen LogP) is 6.24. The summed E-state index contributed by atoms with van der Waals surface area (Å²) < 4.78 is 13.0. The normalized spacial score (nSPS) is 16.4. The van der Waals surface area contributed by atoms with Crippen LogP contribution in [0, 0.1) is 0 Å². The van der Waals surface area contributed by atoms with Crippen molar-refractivity contribution in [2.75, 3.05) is 0 Å². The van der Waals surface area contributed by atoms with Gasteiger partial charge in [-0.2, -0.15) is 0 Å². The van der Waals surface area contributed by atoms with Gasteiger partial charge in [0.05, 0.1) is 35.4 Å². The van der Waals surface area contributed by atoms with Crippen LogP contribution < -0.4 is 21.9 Å². The molecule has 5 N–H and O–H groups in total. The zero-order chi connectivity index (χ0) is 42.7. The molecule has 1 aromatic carbocycles. The van der Waals surface area contributed by atoms with Gasteiger partial charge in [-0.3, -0.25) is 24.0 Å². The van der Waals surface area contributed by atoms with Gasteiger partial charge in [0.2, 0.25) is 23.3 Å². The Morgan fingerprint density at radius 1 is 0.932 bits per heavy atom. The van der Waals surface area contributed by atoms with E-state index in [4.69, 9.17) is 20.2 Å². The molecule has 14 nitrogen and oxygen atoms in total. The molecule has 4 heterocycles. The Balaban J connectivity index is 1.18. The molecule has 3 amide bonds. The van der Waals surface area contributed by atoms with Crippen molar-refractivity contribution in [3.63, 3.8) is 0 Å². The molecule has 5 rings (SSSR count). The Morgan fingerprint density at radius 2 is 1.61 bits per heavy atom. The first-order valence-corrected chi connectivity index (χ1v) is 21.5. The molecular weight excluding hydrogens is 755 g/mol. The Hall–Kier alpha value is -5.27. The summed E-state index contributed by atoms with van der Waals surface area (Å²) >= 11 is 0. The lowest BCUT2D eigenvalue weighted by Crippen LogP contribution is -2.50. The lowest BCUT2D eigenvalue weighted by molar-refractivity contribution is -0.189. The van der Waals surface area contributed by atoms with Crippen molar-refractivity contribution >= 4 is 40.6 Å². The molecule has 2 aliphatic heterocycles. The number of carbonyl (C=O) groups excluding carboxylic acids is 5. The van der Waals surface area contributed by atoms with Crippen LogP contribution >= 0.6 is 0 Å². The quantitative estimate of drug-likeness (QED) is 0.0489.